The van der Waals surface area contributed by atoms with E-state index in [9.17, 15) is 4.79 Å². The molecule has 1 unspecified atom stereocenters. The standard InChI is InChI=1S/C15H24N4O/c1-18(12-13-5-4-6-17-11-13)14(10-16)9-15(20)19-7-2-3-8-19/h4-6,11,14H,2-3,7-10,12,16H2,1H3. The zero-order valence-electron chi connectivity index (χ0n) is 12.2. The van der Waals surface area contributed by atoms with Crippen LogP contribution in [0, 0.1) is 0 Å². The minimum absolute atomic E-state index is 0.0864. The Bertz CT molecular complexity index is 417. The Morgan fingerprint density at radius 2 is 2.25 bits per heavy atom. The lowest BCUT2D eigenvalue weighted by Gasteiger charge is -2.28. The molecular weight excluding hydrogens is 252 g/mol. The number of hydrogen-bond acceptors (Lipinski definition) is 4. The van der Waals surface area contributed by atoms with Crippen LogP contribution >= 0.6 is 0 Å². The van der Waals surface area contributed by atoms with Gasteiger partial charge in [0, 0.05) is 51.0 Å². The Labute approximate surface area is 120 Å². The van der Waals surface area contributed by atoms with Gasteiger partial charge in [-0.3, -0.25) is 14.7 Å². The molecule has 0 bridgehead atoms. The number of amides is 1. The monoisotopic (exact) mass is 276 g/mol. The Balaban J connectivity index is 1.88. The van der Waals surface area contributed by atoms with E-state index in [-0.39, 0.29) is 11.9 Å². The first kappa shape index (κ1) is 14.9. The number of hydrogen-bond donors (Lipinski definition) is 1. The third kappa shape index (κ3) is 4.02. The van der Waals surface area contributed by atoms with Crippen molar-refractivity contribution in [3.05, 3.63) is 30.1 Å². The summed E-state index contributed by atoms with van der Waals surface area (Å²) >= 11 is 0. The molecule has 1 atom stereocenters. The lowest BCUT2D eigenvalue weighted by Crippen LogP contribution is -2.42. The van der Waals surface area contributed by atoms with Gasteiger partial charge in [-0.15, -0.1) is 0 Å². The van der Waals surface area contributed by atoms with Crippen molar-refractivity contribution in [3.8, 4) is 0 Å². The lowest BCUT2D eigenvalue weighted by molar-refractivity contribution is -0.131. The van der Waals surface area contributed by atoms with E-state index < -0.39 is 0 Å². The Kier molecular flexibility index (Phi) is 5.49. The molecule has 5 nitrogen and oxygen atoms in total. The molecule has 5 heteroatoms. The molecule has 0 saturated carbocycles. The van der Waals surface area contributed by atoms with Crippen LogP contribution < -0.4 is 5.73 Å². The summed E-state index contributed by atoms with van der Waals surface area (Å²) in [6.07, 6.45) is 6.38. The maximum Gasteiger partial charge on any atom is 0.224 e. The van der Waals surface area contributed by atoms with Gasteiger partial charge < -0.3 is 10.6 Å². The Hall–Kier alpha value is -1.46. The van der Waals surface area contributed by atoms with Crippen molar-refractivity contribution in [2.24, 2.45) is 5.73 Å². The Morgan fingerprint density at radius 3 is 2.85 bits per heavy atom. The van der Waals surface area contributed by atoms with E-state index in [1.165, 1.54) is 0 Å². The third-order valence-corrected chi connectivity index (χ3v) is 3.92. The second-order valence-corrected chi connectivity index (χ2v) is 5.46. The molecule has 0 aromatic carbocycles. The molecule has 1 amide bonds. The predicted octanol–water partition coefficient (Wildman–Crippen LogP) is 0.853. The van der Waals surface area contributed by atoms with Crippen LogP contribution in [0.2, 0.25) is 0 Å². The first-order valence-corrected chi connectivity index (χ1v) is 7.27. The van der Waals surface area contributed by atoms with E-state index in [0.29, 0.717) is 13.0 Å². The fraction of sp³-hybridized carbons (Fsp3) is 0.600. The number of nitrogens with two attached hydrogens (primary N) is 1. The van der Waals surface area contributed by atoms with Crippen molar-refractivity contribution in [2.45, 2.75) is 31.8 Å². The largest absolute Gasteiger partial charge is 0.343 e. The van der Waals surface area contributed by atoms with Crippen molar-refractivity contribution in [1.82, 2.24) is 14.8 Å². The normalized spacial score (nSPS) is 16.6. The number of likely N-dealkylation sites (tertiary alicyclic amines) is 1. The van der Waals surface area contributed by atoms with Crippen LogP contribution in [0.5, 0.6) is 0 Å². The van der Waals surface area contributed by atoms with E-state index >= 15 is 0 Å². The third-order valence-electron chi connectivity index (χ3n) is 3.92. The highest BCUT2D eigenvalue weighted by Crippen LogP contribution is 2.13. The van der Waals surface area contributed by atoms with Crippen molar-refractivity contribution in [3.63, 3.8) is 0 Å². The molecule has 0 spiro atoms. The van der Waals surface area contributed by atoms with E-state index in [0.717, 1.165) is 38.0 Å². The summed E-state index contributed by atoms with van der Waals surface area (Å²) in [6, 6.07) is 4.05. The molecular formula is C15H24N4O. The highest BCUT2D eigenvalue weighted by Gasteiger charge is 2.23. The second kappa shape index (κ2) is 7.36. The molecule has 1 aliphatic heterocycles. The number of rotatable bonds is 6. The summed E-state index contributed by atoms with van der Waals surface area (Å²) in [5.41, 5.74) is 6.99. The summed E-state index contributed by atoms with van der Waals surface area (Å²) < 4.78 is 0. The second-order valence-electron chi connectivity index (χ2n) is 5.46. The van der Waals surface area contributed by atoms with Crippen LogP contribution in [0.4, 0.5) is 0 Å². The maximum absolute atomic E-state index is 12.2. The smallest absolute Gasteiger partial charge is 0.224 e. The highest BCUT2D eigenvalue weighted by molar-refractivity contribution is 5.77. The minimum Gasteiger partial charge on any atom is -0.343 e. The summed E-state index contributed by atoms with van der Waals surface area (Å²) in [7, 11) is 2.02. The number of nitrogens with zero attached hydrogens (tertiary/aromatic N) is 3. The van der Waals surface area contributed by atoms with E-state index in [1.54, 1.807) is 6.20 Å². The van der Waals surface area contributed by atoms with Crippen LogP contribution in [0.3, 0.4) is 0 Å². The molecule has 2 rings (SSSR count). The molecule has 2 N–H and O–H groups in total. The van der Waals surface area contributed by atoms with Crippen LogP contribution in [0.1, 0.15) is 24.8 Å². The van der Waals surface area contributed by atoms with E-state index in [4.69, 9.17) is 5.73 Å². The van der Waals surface area contributed by atoms with Gasteiger partial charge in [0.1, 0.15) is 0 Å². The van der Waals surface area contributed by atoms with Gasteiger partial charge in [0.15, 0.2) is 0 Å². The predicted molar refractivity (Wildman–Crippen MR) is 79.0 cm³/mol. The molecule has 110 valence electrons. The fourth-order valence-electron chi connectivity index (χ4n) is 2.63. The number of aromatic nitrogens is 1. The van der Waals surface area contributed by atoms with Crippen molar-refractivity contribution in [2.75, 3.05) is 26.7 Å². The zero-order chi connectivity index (χ0) is 14.4. The first-order valence-electron chi connectivity index (χ1n) is 7.27. The summed E-state index contributed by atoms with van der Waals surface area (Å²) in [6.45, 7) is 3.07. The minimum atomic E-state index is 0.0864. The van der Waals surface area contributed by atoms with Crippen molar-refractivity contribution < 1.29 is 4.79 Å². The molecule has 1 fully saturated rings. The first-order chi connectivity index (χ1) is 9.70. The summed E-state index contributed by atoms with van der Waals surface area (Å²) in [4.78, 5) is 20.4. The maximum atomic E-state index is 12.2. The molecule has 2 heterocycles. The van der Waals surface area contributed by atoms with Gasteiger partial charge in [-0.25, -0.2) is 0 Å². The molecule has 0 aliphatic carbocycles. The van der Waals surface area contributed by atoms with Crippen LogP contribution in [0.15, 0.2) is 24.5 Å². The Morgan fingerprint density at radius 1 is 1.50 bits per heavy atom. The van der Waals surface area contributed by atoms with Crippen LogP contribution in [0.25, 0.3) is 0 Å². The topological polar surface area (TPSA) is 62.5 Å². The van der Waals surface area contributed by atoms with Crippen molar-refractivity contribution in [1.29, 1.82) is 0 Å². The molecule has 0 radical (unpaired) electrons. The summed E-state index contributed by atoms with van der Waals surface area (Å²) in [5, 5.41) is 0. The van der Waals surface area contributed by atoms with E-state index in [1.807, 2.05) is 30.3 Å². The number of carbonyl (C=O) groups excluding carboxylic acids is 1. The molecule has 1 aromatic heterocycles. The van der Waals surface area contributed by atoms with Gasteiger partial charge in [-0.1, -0.05) is 6.07 Å². The summed E-state index contributed by atoms with van der Waals surface area (Å²) in [5.74, 6) is 0.232. The quantitative estimate of drug-likeness (QED) is 0.837. The number of likely N-dealkylation sites (N-methyl/N-ethyl adjacent to an activating group) is 1. The van der Waals surface area contributed by atoms with Gasteiger partial charge in [-0.05, 0) is 31.5 Å². The molecule has 1 saturated heterocycles. The lowest BCUT2D eigenvalue weighted by atomic mass is 10.1. The molecule has 1 aliphatic rings. The molecule has 20 heavy (non-hydrogen) atoms. The number of carbonyl (C=O) groups is 1. The van der Waals surface area contributed by atoms with Gasteiger partial charge in [0.2, 0.25) is 5.91 Å². The van der Waals surface area contributed by atoms with Gasteiger partial charge in [-0.2, -0.15) is 0 Å². The highest BCUT2D eigenvalue weighted by atomic mass is 16.2. The van der Waals surface area contributed by atoms with Crippen LogP contribution in [-0.2, 0) is 11.3 Å². The molecule has 1 aromatic rings. The number of pyridine rings is 1. The van der Waals surface area contributed by atoms with Crippen LogP contribution in [-0.4, -0.2) is 53.4 Å². The average Bonchev–Trinajstić information content (AvgIpc) is 2.99. The SMILES string of the molecule is CN(Cc1cccnc1)C(CN)CC(=O)N1CCCC1. The van der Waals surface area contributed by atoms with Gasteiger partial charge >= 0.3 is 0 Å². The van der Waals surface area contributed by atoms with Gasteiger partial charge in [0.05, 0.1) is 0 Å². The van der Waals surface area contributed by atoms with Crippen molar-refractivity contribution >= 4 is 5.91 Å². The van der Waals surface area contributed by atoms with Gasteiger partial charge in [0.25, 0.3) is 0 Å². The fourth-order valence-corrected chi connectivity index (χ4v) is 2.63. The average molecular weight is 276 g/mol. The zero-order valence-corrected chi connectivity index (χ0v) is 12.2. The van der Waals surface area contributed by atoms with E-state index in [2.05, 4.69) is 9.88 Å².